The van der Waals surface area contributed by atoms with E-state index in [4.69, 9.17) is 0 Å². The van der Waals surface area contributed by atoms with Gasteiger partial charge in [0, 0.05) is 6.20 Å². The molecule has 0 fully saturated rings. The molecule has 1 aromatic carbocycles. The van der Waals surface area contributed by atoms with E-state index in [1.54, 1.807) is 42.6 Å². The van der Waals surface area contributed by atoms with Crippen molar-refractivity contribution in [1.29, 1.82) is 0 Å². The Labute approximate surface area is 113 Å². The molecule has 1 N–H and O–H groups in total. The number of nitrogens with zero attached hydrogens (tertiary/aromatic N) is 4. The predicted molar refractivity (Wildman–Crippen MR) is 70.7 cm³/mol. The number of Topliss-reactive ketones (excluding diaryl/α,β-unsaturated/α-hetero) is 1. The smallest absolute Gasteiger partial charge is 0.359 e. The van der Waals surface area contributed by atoms with Crippen molar-refractivity contribution in [3.63, 3.8) is 0 Å². The molecule has 0 aliphatic carbocycles. The van der Waals surface area contributed by atoms with Gasteiger partial charge in [0.15, 0.2) is 0 Å². The highest BCUT2D eigenvalue weighted by Crippen LogP contribution is 2.01. The molecule has 0 saturated carbocycles. The maximum absolute atomic E-state index is 12.1. The van der Waals surface area contributed by atoms with E-state index in [1.165, 1.54) is 0 Å². The fourth-order valence-corrected chi connectivity index (χ4v) is 1.83. The lowest BCUT2D eigenvalue weighted by molar-refractivity contribution is 0.0961. The van der Waals surface area contributed by atoms with Gasteiger partial charge < -0.3 is 4.98 Å². The Balaban J connectivity index is 1.88. The molecule has 0 amide bonds. The second-order valence-corrected chi connectivity index (χ2v) is 4.17. The molecule has 0 aliphatic rings. The van der Waals surface area contributed by atoms with Gasteiger partial charge in [-0.15, -0.1) is 0 Å². The van der Waals surface area contributed by atoms with Gasteiger partial charge in [-0.05, 0) is 34.7 Å². The Bertz CT molecular complexity index is 771. The number of tetrazole rings is 1. The fraction of sp³-hybridized carbons (Fsp3) is 0.0769. The van der Waals surface area contributed by atoms with E-state index in [-0.39, 0.29) is 12.3 Å². The molecule has 0 aliphatic heterocycles. The van der Waals surface area contributed by atoms with Crippen LogP contribution in [0.4, 0.5) is 0 Å². The minimum Gasteiger partial charge on any atom is -0.359 e. The van der Waals surface area contributed by atoms with E-state index in [0.29, 0.717) is 11.4 Å². The number of aromatic amines is 1. The molecule has 3 aromatic rings. The van der Waals surface area contributed by atoms with E-state index in [9.17, 15) is 9.59 Å². The van der Waals surface area contributed by atoms with Crippen molar-refractivity contribution in [3.05, 3.63) is 64.8 Å². The van der Waals surface area contributed by atoms with Crippen molar-refractivity contribution in [2.45, 2.75) is 6.54 Å². The maximum Gasteiger partial charge on any atom is 0.368 e. The number of para-hydroxylation sites is 1. The summed E-state index contributed by atoms with van der Waals surface area (Å²) in [7, 11) is 0. The summed E-state index contributed by atoms with van der Waals surface area (Å²) in [5.41, 5.74) is 0.596. The zero-order chi connectivity index (χ0) is 13.9. The molecule has 0 spiro atoms. The molecule has 2 aromatic heterocycles. The van der Waals surface area contributed by atoms with Crippen molar-refractivity contribution in [2.75, 3.05) is 0 Å². The number of carbonyl (C=O) groups is 1. The van der Waals surface area contributed by atoms with Crippen LogP contribution in [0.15, 0.2) is 53.5 Å². The molecule has 3 rings (SSSR count). The first kappa shape index (κ1) is 12.1. The SMILES string of the molecule is O=C(Cn1nnn(-c2ccccc2)c1=O)c1ccc[nH]1. The van der Waals surface area contributed by atoms with Gasteiger partial charge >= 0.3 is 5.69 Å². The van der Waals surface area contributed by atoms with Crippen LogP contribution in [0.25, 0.3) is 5.69 Å². The van der Waals surface area contributed by atoms with Gasteiger partial charge in [-0.2, -0.15) is 9.36 Å². The Morgan fingerprint density at radius 2 is 1.90 bits per heavy atom. The maximum atomic E-state index is 12.1. The highest BCUT2D eigenvalue weighted by Gasteiger charge is 2.13. The summed E-state index contributed by atoms with van der Waals surface area (Å²) in [5, 5.41) is 7.50. The van der Waals surface area contributed by atoms with Gasteiger partial charge in [0.1, 0.15) is 6.54 Å². The second-order valence-electron chi connectivity index (χ2n) is 4.17. The van der Waals surface area contributed by atoms with Crippen LogP contribution in [0.3, 0.4) is 0 Å². The van der Waals surface area contributed by atoms with Crippen LogP contribution in [0, 0.1) is 0 Å². The van der Waals surface area contributed by atoms with E-state index in [2.05, 4.69) is 15.4 Å². The Morgan fingerprint density at radius 1 is 1.10 bits per heavy atom. The summed E-state index contributed by atoms with van der Waals surface area (Å²) < 4.78 is 2.19. The van der Waals surface area contributed by atoms with Crippen molar-refractivity contribution in [2.24, 2.45) is 0 Å². The lowest BCUT2D eigenvalue weighted by Crippen LogP contribution is -2.27. The highest BCUT2D eigenvalue weighted by atomic mass is 16.2. The molecule has 0 radical (unpaired) electrons. The number of carbonyl (C=O) groups excluding carboxylic acids is 1. The van der Waals surface area contributed by atoms with Crippen molar-refractivity contribution in [3.8, 4) is 5.69 Å². The zero-order valence-corrected chi connectivity index (χ0v) is 10.4. The molecule has 2 heterocycles. The van der Waals surface area contributed by atoms with E-state index in [1.807, 2.05) is 6.07 Å². The molecule has 100 valence electrons. The molecule has 0 bridgehead atoms. The first-order valence-corrected chi connectivity index (χ1v) is 6.00. The second kappa shape index (κ2) is 4.96. The van der Waals surface area contributed by atoms with Crippen LogP contribution in [-0.2, 0) is 6.54 Å². The van der Waals surface area contributed by atoms with Gasteiger partial charge in [0.25, 0.3) is 0 Å². The van der Waals surface area contributed by atoms with Crippen molar-refractivity contribution in [1.82, 2.24) is 24.8 Å². The lowest BCUT2D eigenvalue weighted by Gasteiger charge is -1.97. The molecular weight excluding hydrogens is 258 g/mol. The van der Waals surface area contributed by atoms with Crippen molar-refractivity contribution < 1.29 is 4.79 Å². The minimum absolute atomic E-state index is 0.147. The number of aromatic nitrogens is 5. The topological polar surface area (TPSA) is 85.6 Å². The normalized spacial score (nSPS) is 10.6. The van der Waals surface area contributed by atoms with E-state index < -0.39 is 5.69 Å². The molecule has 20 heavy (non-hydrogen) atoms. The van der Waals surface area contributed by atoms with Crippen LogP contribution < -0.4 is 5.69 Å². The van der Waals surface area contributed by atoms with Gasteiger partial charge in [-0.25, -0.2) is 4.79 Å². The molecule has 0 saturated heterocycles. The highest BCUT2D eigenvalue weighted by molar-refractivity contribution is 5.94. The number of hydrogen-bond acceptors (Lipinski definition) is 4. The summed E-state index contributed by atoms with van der Waals surface area (Å²) in [6, 6.07) is 12.3. The van der Waals surface area contributed by atoms with Crippen LogP contribution in [0.2, 0.25) is 0 Å². The summed E-state index contributed by atoms with van der Waals surface area (Å²) in [6.07, 6.45) is 1.65. The summed E-state index contributed by atoms with van der Waals surface area (Å²) in [5.74, 6) is -0.225. The number of rotatable bonds is 4. The standard InChI is InChI=1S/C13H11N5O2/c19-12(11-7-4-8-14-11)9-17-13(20)18(16-15-17)10-5-2-1-3-6-10/h1-8,14H,9H2. The van der Waals surface area contributed by atoms with Crippen LogP contribution in [0.1, 0.15) is 10.5 Å². The fourth-order valence-electron chi connectivity index (χ4n) is 1.83. The Kier molecular flexibility index (Phi) is 3.00. The minimum atomic E-state index is -0.448. The van der Waals surface area contributed by atoms with Crippen LogP contribution >= 0.6 is 0 Å². The zero-order valence-electron chi connectivity index (χ0n) is 10.4. The Hall–Kier alpha value is -2.96. The van der Waals surface area contributed by atoms with Gasteiger partial charge in [-0.1, -0.05) is 18.2 Å². The van der Waals surface area contributed by atoms with Crippen LogP contribution in [0.5, 0.6) is 0 Å². The monoisotopic (exact) mass is 269 g/mol. The van der Waals surface area contributed by atoms with Gasteiger partial charge in [0.2, 0.25) is 5.78 Å². The number of nitrogens with one attached hydrogen (secondary N) is 1. The first-order chi connectivity index (χ1) is 9.75. The average molecular weight is 269 g/mol. The predicted octanol–water partition coefficient (Wildman–Crippen LogP) is 0.640. The van der Waals surface area contributed by atoms with Crippen molar-refractivity contribution >= 4 is 5.78 Å². The van der Waals surface area contributed by atoms with E-state index in [0.717, 1.165) is 9.36 Å². The third-order valence-corrected chi connectivity index (χ3v) is 2.83. The number of ketones is 1. The number of benzene rings is 1. The number of hydrogen-bond donors (Lipinski definition) is 1. The first-order valence-electron chi connectivity index (χ1n) is 6.00. The third kappa shape index (κ3) is 2.16. The third-order valence-electron chi connectivity index (χ3n) is 2.83. The molecule has 7 nitrogen and oxygen atoms in total. The summed E-state index contributed by atoms with van der Waals surface area (Å²) in [4.78, 5) is 26.8. The summed E-state index contributed by atoms with van der Waals surface area (Å²) in [6.45, 7) is -0.147. The lowest BCUT2D eigenvalue weighted by atomic mass is 10.3. The molecule has 0 unspecified atom stereocenters. The molecule has 0 atom stereocenters. The largest absolute Gasteiger partial charge is 0.368 e. The molecule has 7 heteroatoms. The van der Waals surface area contributed by atoms with Gasteiger partial charge in [-0.3, -0.25) is 4.79 Å². The molecular formula is C13H11N5O2. The van der Waals surface area contributed by atoms with Crippen LogP contribution in [-0.4, -0.2) is 30.6 Å². The number of H-pyrrole nitrogens is 1. The summed E-state index contributed by atoms with van der Waals surface area (Å²) >= 11 is 0. The van der Waals surface area contributed by atoms with Gasteiger partial charge in [0.05, 0.1) is 11.4 Å². The quantitative estimate of drug-likeness (QED) is 0.704. The van der Waals surface area contributed by atoms with E-state index >= 15 is 0 Å². The average Bonchev–Trinajstić information content (AvgIpc) is 3.11. The Morgan fingerprint density at radius 3 is 2.60 bits per heavy atom.